The van der Waals surface area contributed by atoms with Crippen LogP contribution in [-0.4, -0.2) is 35.0 Å². The van der Waals surface area contributed by atoms with E-state index in [1.165, 1.54) is 12.5 Å². The maximum atomic E-state index is 12.1. The lowest BCUT2D eigenvalue weighted by Gasteiger charge is -2.33. The van der Waals surface area contributed by atoms with Gasteiger partial charge in [-0.2, -0.15) is 0 Å². The minimum atomic E-state index is -1.07. The molecule has 0 saturated heterocycles. The first-order valence-electron chi connectivity index (χ1n) is 9.11. The third-order valence-corrected chi connectivity index (χ3v) is 4.74. The summed E-state index contributed by atoms with van der Waals surface area (Å²) in [5, 5.41) is 18.4. The molecule has 7 heteroatoms. The Morgan fingerprint density at radius 2 is 1.54 bits per heavy atom. The second-order valence-electron chi connectivity index (χ2n) is 7.07. The van der Waals surface area contributed by atoms with Crippen molar-refractivity contribution in [3.8, 4) is 0 Å². The van der Waals surface area contributed by atoms with Crippen LogP contribution in [0, 0.1) is 0 Å². The first-order valence-corrected chi connectivity index (χ1v) is 9.11. The van der Waals surface area contributed by atoms with Gasteiger partial charge in [0.25, 0.3) is 0 Å². The number of benzene rings is 2. The molecule has 0 spiro atoms. The van der Waals surface area contributed by atoms with Gasteiger partial charge in [-0.1, -0.05) is 24.3 Å². The van der Waals surface area contributed by atoms with Crippen molar-refractivity contribution in [2.45, 2.75) is 31.8 Å². The molecule has 0 saturated carbocycles. The fraction of sp³-hybridized carbons (Fsp3) is 0.286. The lowest BCUT2D eigenvalue weighted by atomic mass is 9.80. The average molecular weight is 381 g/mol. The van der Waals surface area contributed by atoms with E-state index in [9.17, 15) is 19.5 Å². The molecule has 4 N–H and O–H groups in total. The normalized spacial score (nSPS) is 17.9. The average Bonchev–Trinajstić information content (AvgIpc) is 2.67. The van der Waals surface area contributed by atoms with E-state index in [2.05, 4.69) is 16.0 Å². The van der Waals surface area contributed by atoms with Crippen LogP contribution in [0.3, 0.4) is 0 Å². The standard InChI is InChI=1S/C21H23N3O4/c1-14(25)23-17-6-8-18(9-7-17)24-20(27)19(26)22-13-21(28)11-10-15-4-2-3-5-16(15)12-21/h2-9,28H,10-13H2,1H3,(H,22,26)(H,23,25)(H,24,27). The molecule has 28 heavy (non-hydrogen) atoms. The molecule has 3 amide bonds. The van der Waals surface area contributed by atoms with Crippen molar-refractivity contribution >= 4 is 29.1 Å². The van der Waals surface area contributed by atoms with Gasteiger partial charge in [-0.05, 0) is 48.2 Å². The summed E-state index contributed by atoms with van der Waals surface area (Å²) in [6.07, 6.45) is 1.70. The van der Waals surface area contributed by atoms with Crippen molar-refractivity contribution in [1.29, 1.82) is 0 Å². The molecule has 3 rings (SSSR count). The summed E-state index contributed by atoms with van der Waals surface area (Å²) in [5.41, 5.74) is 2.23. The third-order valence-electron chi connectivity index (χ3n) is 4.74. The summed E-state index contributed by atoms with van der Waals surface area (Å²) in [7, 11) is 0. The predicted octanol–water partition coefficient (Wildman–Crippen LogP) is 1.62. The Balaban J connectivity index is 1.52. The molecule has 146 valence electrons. The van der Waals surface area contributed by atoms with Gasteiger partial charge >= 0.3 is 11.8 Å². The van der Waals surface area contributed by atoms with Crippen LogP contribution in [-0.2, 0) is 27.2 Å². The van der Waals surface area contributed by atoms with Gasteiger partial charge in [0.2, 0.25) is 5.91 Å². The first-order chi connectivity index (χ1) is 13.3. The molecule has 1 atom stereocenters. The van der Waals surface area contributed by atoms with Gasteiger partial charge in [-0.3, -0.25) is 14.4 Å². The lowest BCUT2D eigenvalue weighted by molar-refractivity contribution is -0.136. The Hall–Kier alpha value is -3.19. The van der Waals surface area contributed by atoms with Crippen LogP contribution in [0.25, 0.3) is 0 Å². The molecule has 2 aromatic rings. The predicted molar refractivity (Wildman–Crippen MR) is 106 cm³/mol. The van der Waals surface area contributed by atoms with Gasteiger partial charge in [0.15, 0.2) is 0 Å². The largest absolute Gasteiger partial charge is 0.388 e. The number of nitrogens with one attached hydrogen (secondary N) is 3. The van der Waals surface area contributed by atoms with Gasteiger partial charge in [0.1, 0.15) is 0 Å². The van der Waals surface area contributed by atoms with Gasteiger partial charge in [-0.25, -0.2) is 0 Å². The van der Waals surface area contributed by atoms with E-state index in [-0.39, 0.29) is 12.5 Å². The maximum absolute atomic E-state index is 12.1. The number of aliphatic hydroxyl groups is 1. The zero-order valence-electron chi connectivity index (χ0n) is 15.6. The Kier molecular flexibility index (Phi) is 5.75. The molecule has 1 aliphatic rings. The van der Waals surface area contributed by atoms with Crippen molar-refractivity contribution in [2.75, 3.05) is 17.2 Å². The molecule has 0 heterocycles. The molecule has 1 aliphatic carbocycles. The zero-order valence-corrected chi connectivity index (χ0v) is 15.6. The number of fused-ring (bicyclic) bond motifs is 1. The summed E-state index contributed by atoms with van der Waals surface area (Å²) < 4.78 is 0. The molecule has 0 bridgehead atoms. The minimum absolute atomic E-state index is 0.00899. The van der Waals surface area contributed by atoms with E-state index in [1.807, 2.05) is 24.3 Å². The van der Waals surface area contributed by atoms with E-state index in [1.54, 1.807) is 24.3 Å². The Morgan fingerprint density at radius 1 is 0.929 bits per heavy atom. The number of anilines is 2. The lowest BCUT2D eigenvalue weighted by Crippen LogP contribution is -2.49. The monoisotopic (exact) mass is 381 g/mol. The van der Waals surface area contributed by atoms with E-state index in [4.69, 9.17) is 0 Å². The number of carbonyl (C=O) groups excluding carboxylic acids is 3. The van der Waals surface area contributed by atoms with Gasteiger partial charge < -0.3 is 21.1 Å². The number of aryl methyl sites for hydroxylation is 1. The second kappa shape index (κ2) is 8.22. The number of hydrogen-bond acceptors (Lipinski definition) is 4. The SMILES string of the molecule is CC(=O)Nc1ccc(NC(=O)C(=O)NCC2(O)CCc3ccccc3C2)cc1. The fourth-order valence-electron chi connectivity index (χ4n) is 3.29. The molecule has 0 aliphatic heterocycles. The van der Waals surface area contributed by atoms with E-state index >= 15 is 0 Å². The van der Waals surface area contributed by atoms with Crippen LogP contribution in [0.5, 0.6) is 0 Å². The highest BCUT2D eigenvalue weighted by atomic mass is 16.3. The summed E-state index contributed by atoms with van der Waals surface area (Å²) in [6.45, 7) is 1.41. The van der Waals surface area contributed by atoms with Crippen LogP contribution >= 0.6 is 0 Å². The van der Waals surface area contributed by atoms with Crippen LogP contribution < -0.4 is 16.0 Å². The molecule has 0 aromatic heterocycles. The molecule has 7 nitrogen and oxygen atoms in total. The summed E-state index contributed by atoms with van der Waals surface area (Å²) in [6, 6.07) is 14.3. The quantitative estimate of drug-likeness (QED) is 0.604. The smallest absolute Gasteiger partial charge is 0.313 e. The Bertz CT molecular complexity index is 895. The van der Waals surface area contributed by atoms with Crippen LogP contribution in [0.4, 0.5) is 11.4 Å². The van der Waals surface area contributed by atoms with Gasteiger partial charge in [-0.15, -0.1) is 0 Å². The van der Waals surface area contributed by atoms with Crippen molar-refractivity contribution in [1.82, 2.24) is 5.32 Å². The maximum Gasteiger partial charge on any atom is 0.313 e. The number of carbonyl (C=O) groups is 3. The Labute approximate surface area is 163 Å². The molecular formula is C21H23N3O4. The zero-order chi connectivity index (χ0) is 20.1. The molecule has 0 fully saturated rings. The Morgan fingerprint density at radius 3 is 2.18 bits per heavy atom. The fourth-order valence-corrected chi connectivity index (χ4v) is 3.29. The topological polar surface area (TPSA) is 108 Å². The number of amides is 3. The summed E-state index contributed by atoms with van der Waals surface area (Å²) in [4.78, 5) is 35.2. The molecular weight excluding hydrogens is 358 g/mol. The van der Waals surface area contributed by atoms with Crippen molar-refractivity contribution in [2.24, 2.45) is 0 Å². The molecule has 0 radical (unpaired) electrons. The second-order valence-corrected chi connectivity index (χ2v) is 7.07. The van der Waals surface area contributed by atoms with Crippen molar-refractivity contribution in [3.63, 3.8) is 0 Å². The highest BCUT2D eigenvalue weighted by Crippen LogP contribution is 2.28. The van der Waals surface area contributed by atoms with Crippen LogP contribution in [0.2, 0.25) is 0 Å². The molecule has 1 unspecified atom stereocenters. The van der Waals surface area contributed by atoms with Crippen molar-refractivity contribution in [3.05, 3.63) is 59.7 Å². The first kappa shape index (κ1) is 19.6. The highest BCUT2D eigenvalue weighted by molar-refractivity contribution is 6.39. The van der Waals surface area contributed by atoms with Crippen LogP contribution in [0.1, 0.15) is 24.5 Å². The van der Waals surface area contributed by atoms with Gasteiger partial charge in [0.05, 0.1) is 5.60 Å². The minimum Gasteiger partial charge on any atom is -0.388 e. The van der Waals surface area contributed by atoms with Gasteiger partial charge in [0, 0.05) is 31.3 Å². The number of rotatable bonds is 4. The van der Waals surface area contributed by atoms with Crippen LogP contribution in [0.15, 0.2) is 48.5 Å². The van der Waals surface area contributed by atoms with E-state index in [0.717, 1.165) is 12.0 Å². The van der Waals surface area contributed by atoms with E-state index < -0.39 is 17.4 Å². The van der Waals surface area contributed by atoms with E-state index in [0.29, 0.717) is 24.2 Å². The summed E-state index contributed by atoms with van der Waals surface area (Å²) in [5.74, 6) is -1.82. The third kappa shape index (κ3) is 4.95. The number of hydrogen-bond donors (Lipinski definition) is 4. The highest BCUT2D eigenvalue weighted by Gasteiger charge is 2.32. The summed E-state index contributed by atoms with van der Waals surface area (Å²) >= 11 is 0. The van der Waals surface area contributed by atoms with Crippen molar-refractivity contribution < 1.29 is 19.5 Å². The molecule has 2 aromatic carbocycles.